The van der Waals surface area contributed by atoms with Crippen LogP contribution in [0.5, 0.6) is 0 Å². The highest BCUT2D eigenvalue weighted by Gasteiger charge is 1.90. The van der Waals surface area contributed by atoms with Crippen molar-refractivity contribution >= 4 is 9.76 Å². The predicted octanol–water partition coefficient (Wildman–Crippen LogP) is 1.11. The van der Waals surface area contributed by atoms with Crippen molar-refractivity contribution in [2.75, 3.05) is 0 Å². The summed E-state index contributed by atoms with van der Waals surface area (Å²) < 4.78 is 0. The Morgan fingerprint density at radius 1 is 1.30 bits per heavy atom. The topological polar surface area (TPSA) is 20.2 Å². The number of hydrogen-bond acceptors (Lipinski definition) is 1. The second-order valence-corrected chi connectivity index (χ2v) is 2.99. The van der Waals surface area contributed by atoms with Gasteiger partial charge in [-0.1, -0.05) is 29.8 Å². The number of aryl methyl sites for hydroxylation is 1. The first-order chi connectivity index (χ1) is 4.83. The molecule has 0 spiro atoms. The van der Waals surface area contributed by atoms with Gasteiger partial charge < -0.3 is 4.80 Å². The van der Waals surface area contributed by atoms with Crippen molar-refractivity contribution in [1.29, 1.82) is 0 Å². The van der Waals surface area contributed by atoms with Crippen LogP contribution < -0.4 is 0 Å². The molecule has 1 aromatic rings. The molecule has 2 heteroatoms. The highest BCUT2D eigenvalue weighted by Crippen LogP contribution is 2.02. The maximum Gasteiger partial charge on any atom is 0.229 e. The first-order valence-electron chi connectivity index (χ1n) is 3.25. The van der Waals surface area contributed by atoms with Crippen molar-refractivity contribution in [3.63, 3.8) is 0 Å². The lowest BCUT2D eigenvalue weighted by molar-refractivity contribution is 0.600. The van der Waals surface area contributed by atoms with Gasteiger partial charge in [-0.05, 0) is 18.5 Å². The molecule has 0 unspecified atom stereocenters. The number of hydrogen-bond donors (Lipinski definition) is 1. The van der Waals surface area contributed by atoms with Gasteiger partial charge in [0.15, 0.2) is 0 Å². The molecule has 0 fully saturated rings. The van der Waals surface area contributed by atoms with Gasteiger partial charge in [0, 0.05) is 0 Å². The van der Waals surface area contributed by atoms with Crippen LogP contribution in [0.25, 0.3) is 0 Å². The predicted molar refractivity (Wildman–Crippen MR) is 42.9 cm³/mol. The van der Waals surface area contributed by atoms with Crippen LogP contribution in [0.1, 0.15) is 11.1 Å². The van der Waals surface area contributed by atoms with Crippen LogP contribution in [-0.4, -0.2) is 14.6 Å². The second-order valence-electron chi connectivity index (χ2n) is 2.32. The normalized spacial score (nSPS) is 9.80. The molecule has 0 saturated heterocycles. The monoisotopic (exact) mass is 150 g/mol. The Morgan fingerprint density at radius 2 is 1.90 bits per heavy atom. The molecule has 0 aromatic heterocycles. The molecule has 0 atom stereocenters. The summed E-state index contributed by atoms with van der Waals surface area (Å²) in [5.74, 6) is 0. The minimum atomic E-state index is 0.0320. The quantitative estimate of drug-likeness (QED) is 0.626. The van der Waals surface area contributed by atoms with Gasteiger partial charge in [-0.3, -0.25) is 0 Å². The van der Waals surface area contributed by atoms with Gasteiger partial charge in [0.2, 0.25) is 9.76 Å². The summed E-state index contributed by atoms with van der Waals surface area (Å²) >= 11 is 0. The van der Waals surface area contributed by atoms with Crippen molar-refractivity contribution < 1.29 is 4.80 Å². The number of benzene rings is 1. The number of rotatable bonds is 2. The van der Waals surface area contributed by atoms with E-state index in [0.717, 1.165) is 6.04 Å². The summed E-state index contributed by atoms with van der Waals surface area (Å²) in [6, 6.07) is 9.03. The highest BCUT2D eigenvalue weighted by atomic mass is 28.2. The molecule has 2 radical (unpaired) electrons. The zero-order valence-corrected chi connectivity index (χ0v) is 6.96. The van der Waals surface area contributed by atoms with Crippen LogP contribution in [-0.2, 0) is 6.04 Å². The molecular weight excluding hydrogens is 140 g/mol. The standard InChI is InChI=1S/C8H10OSi/c1-7-2-4-8(5-3-7)6-10-9/h2-5,9H,6H2,1H3. The molecule has 0 aliphatic rings. The third-order valence-corrected chi connectivity index (χ3v) is 1.97. The molecule has 0 amide bonds. The zero-order chi connectivity index (χ0) is 7.40. The molecule has 1 nitrogen and oxygen atoms in total. The van der Waals surface area contributed by atoms with Crippen molar-refractivity contribution in [3.8, 4) is 0 Å². The Bertz CT molecular complexity index is 193. The van der Waals surface area contributed by atoms with E-state index >= 15 is 0 Å². The van der Waals surface area contributed by atoms with Gasteiger partial charge in [0.1, 0.15) is 0 Å². The van der Waals surface area contributed by atoms with Gasteiger partial charge in [-0.25, -0.2) is 0 Å². The van der Waals surface area contributed by atoms with Crippen LogP contribution in [0.3, 0.4) is 0 Å². The Balaban J connectivity index is 2.69. The Morgan fingerprint density at radius 3 is 2.40 bits per heavy atom. The van der Waals surface area contributed by atoms with Gasteiger partial charge in [0.25, 0.3) is 0 Å². The van der Waals surface area contributed by atoms with Crippen LogP contribution in [0.2, 0.25) is 0 Å². The average Bonchev–Trinajstić information content (AvgIpc) is 1.95. The molecule has 0 saturated carbocycles. The summed E-state index contributed by atoms with van der Waals surface area (Å²) in [5, 5.41) is 0. The van der Waals surface area contributed by atoms with E-state index in [1.807, 2.05) is 0 Å². The van der Waals surface area contributed by atoms with E-state index in [1.165, 1.54) is 11.1 Å². The fourth-order valence-corrected chi connectivity index (χ4v) is 1.22. The van der Waals surface area contributed by atoms with Crippen LogP contribution in [0.15, 0.2) is 24.3 Å². The molecule has 0 aliphatic carbocycles. The van der Waals surface area contributed by atoms with Crippen LogP contribution in [0, 0.1) is 6.92 Å². The summed E-state index contributed by atoms with van der Waals surface area (Å²) in [7, 11) is 0.0320. The van der Waals surface area contributed by atoms with Gasteiger partial charge in [-0.2, -0.15) is 0 Å². The van der Waals surface area contributed by atoms with E-state index in [-0.39, 0.29) is 9.76 Å². The maximum atomic E-state index is 8.62. The van der Waals surface area contributed by atoms with Crippen LogP contribution in [0.4, 0.5) is 0 Å². The summed E-state index contributed by atoms with van der Waals surface area (Å²) in [6.45, 7) is 2.06. The fraction of sp³-hybridized carbons (Fsp3) is 0.250. The largest absolute Gasteiger partial charge is 0.431 e. The van der Waals surface area contributed by atoms with Crippen LogP contribution >= 0.6 is 0 Å². The highest BCUT2D eigenvalue weighted by molar-refractivity contribution is 6.24. The van der Waals surface area contributed by atoms with E-state index < -0.39 is 0 Å². The Kier molecular flexibility index (Phi) is 2.65. The van der Waals surface area contributed by atoms with Gasteiger partial charge >= 0.3 is 0 Å². The molecule has 0 heterocycles. The minimum absolute atomic E-state index is 0.0320. The fourth-order valence-electron chi connectivity index (χ4n) is 0.797. The average molecular weight is 150 g/mol. The Hall–Kier alpha value is -0.603. The molecule has 1 rings (SSSR count). The Labute approximate surface area is 63.7 Å². The maximum absolute atomic E-state index is 8.62. The lowest BCUT2D eigenvalue weighted by Gasteiger charge is -1.95. The van der Waals surface area contributed by atoms with E-state index in [9.17, 15) is 0 Å². The molecule has 1 aromatic carbocycles. The van der Waals surface area contributed by atoms with E-state index in [2.05, 4.69) is 31.2 Å². The van der Waals surface area contributed by atoms with E-state index in [0.29, 0.717) is 0 Å². The minimum Gasteiger partial charge on any atom is -0.431 e. The third-order valence-electron chi connectivity index (χ3n) is 1.40. The lowest BCUT2D eigenvalue weighted by Crippen LogP contribution is -1.93. The van der Waals surface area contributed by atoms with Crippen molar-refractivity contribution in [3.05, 3.63) is 35.4 Å². The van der Waals surface area contributed by atoms with Crippen molar-refractivity contribution in [2.24, 2.45) is 0 Å². The van der Waals surface area contributed by atoms with Crippen molar-refractivity contribution in [1.82, 2.24) is 0 Å². The van der Waals surface area contributed by atoms with Gasteiger partial charge in [0.05, 0.1) is 0 Å². The molecule has 10 heavy (non-hydrogen) atoms. The van der Waals surface area contributed by atoms with E-state index in [4.69, 9.17) is 4.80 Å². The first-order valence-corrected chi connectivity index (χ1v) is 4.41. The zero-order valence-electron chi connectivity index (χ0n) is 5.96. The molecular formula is C8H10OSi. The molecule has 52 valence electrons. The summed E-state index contributed by atoms with van der Waals surface area (Å²) in [4.78, 5) is 8.62. The second kappa shape index (κ2) is 3.54. The summed E-state index contributed by atoms with van der Waals surface area (Å²) in [6.07, 6.45) is 0. The van der Waals surface area contributed by atoms with Crippen molar-refractivity contribution in [2.45, 2.75) is 13.0 Å². The molecule has 1 N–H and O–H groups in total. The van der Waals surface area contributed by atoms with Gasteiger partial charge in [-0.15, -0.1) is 0 Å². The molecule has 0 bridgehead atoms. The smallest absolute Gasteiger partial charge is 0.229 e. The lowest BCUT2D eigenvalue weighted by atomic mass is 10.2. The third kappa shape index (κ3) is 1.97. The SMILES string of the molecule is Cc1ccc(C[Si]O)cc1. The molecule has 0 aliphatic heterocycles. The summed E-state index contributed by atoms with van der Waals surface area (Å²) in [5.41, 5.74) is 2.48. The first kappa shape index (κ1) is 7.50. The van der Waals surface area contributed by atoms with E-state index in [1.54, 1.807) is 0 Å².